The molecule has 1 unspecified atom stereocenters. The Morgan fingerprint density at radius 1 is 1.00 bits per heavy atom. The lowest BCUT2D eigenvalue weighted by molar-refractivity contribution is 0.139. The Morgan fingerprint density at radius 2 is 1.52 bits per heavy atom. The van der Waals surface area contributed by atoms with Gasteiger partial charge in [0.2, 0.25) is 0 Å². The van der Waals surface area contributed by atoms with Gasteiger partial charge in [0.1, 0.15) is 0 Å². The minimum atomic E-state index is 0.332. The quantitative estimate of drug-likeness (QED) is 0.831. The molecule has 1 aromatic rings. The van der Waals surface area contributed by atoms with Gasteiger partial charge < -0.3 is 5.73 Å². The molecule has 1 saturated carbocycles. The number of hydrogen-bond donors (Lipinski definition) is 1. The fourth-order valence-electron chi connectivity index (χ4n) is 3.76. The van der Waals surface area contributed by atoms with Crippen molar-refractivity contribution in [2.45, 2.75) is 72.3 Å². The van der Waals surface area contributed by atoms with Gasteiger partial charge in [-0.05, 0) is 66.9 Å². The van der Waals surface area contributed by atoms with E-state index in [0.717, 1.165) is 24.7 Å². The Hall–Kier alpha value is -0.820. The summed E-state index contributed by atoms with van der Waals surface area (Å²) >= 11 is 0. The molecular weight excluding hydrogens is 254 g/mol. The number of benzene rings is 1. The summed E-state index contributed by atoms with van der Waals surface area (Å²) in [7, 11) is 0. The highest BCUT2D eigenvalue weighted by molar-refractivity contribution is 5.23. The number of nitrogens with two attached hydrogens (primary N) is 1. The fraction of sp³-hybridized carbons (Fsp3) is 0.700. The molecule has 0 amide bonds. The molecule has 1 aromatic carbocycles. The zero-order chi connectivity index (χ0) is 15.5. The molecule has 118 valence electrons. The van der Waals surface area contributed by atoms with Crippen LogP contribution in [-0.4, -0.2) is 6.04 Å². The maximum absolute atomic E-state index is 6.51. The van der Waals surface area contributed by atoms with E-state index >= 15 is 0 Å². The molecule has 1 nitrogen and oxygen atoms in total. The highest BCUT2D eigenvalue weighted by Crippen LogP contribution is 2.40. The second-order valence-corrected chi connectivity index (χ2v) is 8.02. The second-order valence-electron chi connectivity index (χ2n) is 8.02. The maximum Gasteiger partial charge on any atom is 0.0108 e. The van der Waals surface area contributed by atoms with Gasteiger partial charge in [-0.3, -0.25) is 0 Å². The Labute approximate surface area is 131 Å². The van der Waals surface area contributed by atoms with Crippen LogP contribution in [0.4, 0.5) is 0 Å². The van der Waals surface area contributed by atoms with Crippen molar-refractivity contribution in [1.82, 2.24) is 0 Å². The summed E-state index contributed by atoms with van der Waals surface area (Å²) in [4.78, 5) is 0. The molecule has 0 bridgehead atoms. The number of rotatable bonds is 4. The zero-order valence-corrected chi connectivity index (χ0v) is 14.4. The Morgan fingerprint density at radius 3 is 2.00 bits per heavy atom. The third kappa shape index (κ3) is 4.57. The molecule has 1 fully saturated rings. The van der Waals surface area contributed by atoms with Gasteiger partial charge in [0.25, 0.3) is 0 Å². The summed E-state index contributed by atoms with van der Waals surface area (Å²) in [5.41, 5.74) is 9.78. The fourth-order valence-corrected chi connectivity index (χ4v) is 3.76. The van der Waals surface area contributed by atoms with E-state index in [1.165, 1.54) is 36.8 Å². The van der Waals surface area contributed by atoms with Crippen LogP contribution in [-0.2, 0) is 12.8 Å². The number of hydrogen-bond acceptors (Lipinski definition) is 1. The predicted octanol–water partition coefficient (Wildman–Crippen LogP) is 4.97. The van der Waals surface area contributed by atoms with E-state index in [1.54, 1.807) is 0 Å². The molecule has 1 atom stereocenters. The van der Waals surface area contributed by atoms with Crippen LogP contribution in [0.2, 0.25) is 0 Å². The topological polar surface area (TPSA) is 26.0 Å². The van der Waals surface area contributed by atoms with Gasteiger partial charge >= 0.3 is 0 Å². The standard InChI is InChI=1S/C20H33N/c1-5-15-6-8-16(9-7-15)14-19(21)17-10-12-18(13-11-17)20(2,3)4/h6-9,17-19H,5,10-14,21H2,1-4H3. The first-order chi connectivity index (χ1) is 9.90. The third-order valence-corrected chi connectivity index (χ3v) is 5.50. The van der Waals surface area contributed by atoms with Gasteiger partial charge in [0.05, 0.1) is 0 Å². The van der Waals surface area contributed by atoms with Gasteiger partial charge in [0.15, 0.2) is 0 Å². The largest absolute Gasteiger partial charge is 0.327 e. The molecule has 1 aliphatic carbocycles. The predicted molar refractivity (Wildman–Crippen MR) is 92.4 cm³/mol. The Kier molecular flexibility index (Phi) is 5.48. The van der Waals surface area contributed by atoms with Crippen LogP contribution in [0.3, 0.4) is 0 Å². The lowest BCUT2D eigenvalue weighted by Crippen LogP contribution is -2.36. The van der Waals surface area contributed by atoms with Crippen molar-refractivity contribution in [2.75, 3.05) is 0 Å². The molecule has 0 radical (unpaired) electrons. The smallest absolute Gasteiger partial charge is 0.0108 e. The maximum atomic E-state index is 6.51. The first-order valence-electron chi connectivity index (χ1n) is 8.73. The minimum Gasteiger partial charge on any atom is -0.327 e. The van der Waals surface area contributed by atoms with Crippen LogP contribution in [0.5, 0.6) is 0 Å². The molecule has 2 rings (SSSR count). The van der Waals surface area contributed by atoms with E-state index < -0.39 is 0 Å². The SMILES string of the molecule is CCc1ccc(CC(N)C2CCC(C(C)(C)C)CC2)cc1. The molecule has 0 saturated heterocycles. The highest BCUT2D eigenvalue weighted by Gasteiger charge is 2.31. The van der Waals surface area contributed by atoms with Crippen molar-refractivity contribution in [3.63, 3.8) is 0 Å². The van der Waals surface area contributed by atoms with Gasteiger partial charge in [-0.1, -0.05) is 52.0 Å². The summed E-state index contributed by atoms with van der Waals surface area (Å²) in [5.74, 6) is 1.60. The van der Waals surface area contributed by atoms with Crippen LogP contribution >= 0.6 is 0 Å². The molecule has 0 spiro atoms. The molecule has 2 N–H and O–H groups in total. The van der Waals surface area contributed by atoms with Crippen molar-refractivity contribution in [2.24, 2.45) is 23.0 Å². The van der Waals surface area contributed by atoms with Crippen molar-refractivity contribution >= 4 is 0 Å². The normalized spacial score (nSPS) is 24.8. The van der Waals surface area contributed by atoms with Crippen molar-refractivity contribution < 1.29 is 0 Å². The van der Waals surface area contributed by atoms with Gasteiger partial charge in [-0.2, -0.15) is 0 Å². The van der Waals surface area contributed by atoms with Crippen LogP contribution in [0.25, 0.3) is 0 Å². The van der Waals surface area contributed by atoms with Crippen molar-refractivity contribution in [1.29, 1.82) is 0 Å². The molecule has 0 aromatic heterocycles. The molecule has 21 heavy (non-hydrogen) atoms. The first kappa shape index (κ1) is 16.5. The lowest BCUT2D eigenvalue weighted by Gasteiger charge is -2.38. The second kappa shape index (κ2) is 6.96. The van der Waals surface area contributed by atoms with E-state index in [9.17, 15) is 0 Å². The summed E-state index contributed by atoms with van der Waals surface area (Å²) in [6.07, 6.45) is 7.50. The molecule has 1 aliphatic rings. The summed E-state index contributed by atoms with van der Waals surface area (Å²) in [6, 6.07) is 9.36. The molecular formula is C20H33N. The third-order valence-electron chi connectivity index (χ3n) is 5.50. The van der Waals surface area contributed by atoms with E-state index in [2.05, 4.69) is 52.0 Å². The van der Waals surface area contributed by atoms with E-state index in [-0.39, 0.29) is 0 Å². The van der Waals surface area contributed by atoms with Crippen LogP contribution in [0.15, 0.2) is 24.3 Å². The van der Waals surface area contributed by atoms with Gasteiger partial charge in [-0.25, -0.2) is 0 Å². The van der Waals surface area contributed by atoms with Crippen LogP contribution in [0, 0.1) is 17.3 Å². The minimum absolute atomic E-state index is 0.332. The Balaban J connectivity index is 1.85. The zero-order valence-electron chi connectivity index (χ0n) is 14.4. The van der Waals surface area contributed by atoms with Crippen molar-refractivity contribution in [3.8, 4) is 0 Å². The average Bonchev–Trinajstić information content (AvgIpc) is 2.47. The van der Waals surface area contributed by atoms with Crippen LogP contribution in [0.1, 0.15) is 64.5 Å². The van der Waals surface area contributed by atoms with E-state index in [0.29, 0.717) is 11.5 Å². The average molecular weight is 287 g/mol. The number of aryl methyl sites for hydroxylation is 1. The highest BCUT2D eigenvalue weighted by atomic mass is 14.7. The molecule has 1 heteroatoms. The Bertz CT molecular complexity index is 418. The van der Waals surface area contributed by atoms with E-state index in [4.69, 9.17) is 5.73 Å². The first-order valence-corrected chi connectivity index (χ1v) is 8.73. The molecule has 0 heterocycles. The lowest BCUT2D eigenvalue weighted by atomic mass is 9.68. The van der Waals surface area contributed by atoms with E-state index in [1.807, 2.05) is 0 Å². The van der Waals surface area contributed by atoms with Crippen molar-refractivity contribution in [3.05, 3.63) is 35.4 Å². The summed E-state index contributed by atoms with van der Waals surface area (Å²) in [5, 5.41) is 0. The van der Waals surface area contributed by atoms with Gasteiger partial charge in [0, 0.05) is 6.04 Å². The summed E-state index contributed by atoms with van der Waals surface area (Å²) < 4.78 is 0. The monoisotopic (exact) mass is 287 g/mol. The van der Waals surface area contributed by atoms with Crippen LogP contribution < -0.4 is 5.73 Å². The molecule has 0 aliphatic heterocycles. The van der Waals surface area contributed by atoms with Gasteiger partial charge in [-0.15, -0.1) is 0 Å². The summed E-state index contributed by atoms with van der Waals surface area (Å²) in [6.45, 7) is 9.35.